The number of amides is 3. The number of hydrogen-bond acceptors (Lipinski definition) is 5. The summed E-state index contributed by atoms with van der Waals surface area (Å²) in [6.45, 7) is 10.8. The van der Waals surface area contributed by atoms with Crippen molar-refractivity contribution in [2.45, 2.75) is 58.5 Å². The highest BCUT2D eigenvalue weighted by Gasteiger charge is 2.38. The number of carbonyl (C=O) groups excluding carboxylic acids is 3. The van der Waals surface area contributed by atoms with Crippen LogP contribution in [-0.4, -0.2) is 40.1 Å². The fourth-order valence-electron chi connectivity index (χ4n) is 5.20. The molecule has 1 atom stereocenters. The molecule has 2 aromatic rings. The first-order chi connectivity index (χ1) is 16.5. The third-order valence-electron chi connectivity index (χ3n) is 6.42. The van der Waals surface area contributed by atoms with Crippen LogP contribution >= 0.6 is 23.4 Å². The molecule has 2 aromatic carbocycles. The van der Waals surface area contributed by atoms with Crippen molar-refractivity contribution in [2.75, 3.05) is 16.8 Å². The summed E-state index contributed by atoms with van der Waals surface area (Å²) in [5, 5.41) is 2.78. The molecule has 2 heterocycles. The molecule has 0 aliphatic carbocycles. The number of halogens is 1. The lowest BCUT2D eigenvalue weighted by atomic mass is 9.79. The van der Waals surface area contributed by atoms with Crippen molar-refractivity contribution < 1.29 is 14.4 Å². The molecule has 1 fully saturated rings. The van der Waals surface area contributed by atoms with Crippen LogP contribution < -0.4 is 10.2 Å². The predicted octanol–water partition coefficient (Wildman–Crippen LogP) is 6.52. The van der Waals surface area contributed by atoms with Crippen molar-refractivity contribution in [3.8, 4) is 0 Å². The minimum atomic E-state index is -0.457. The van der Waals surface area contributed by atoms with E-state index in [9.17, 15) is 14.4 Å². The number of anilines is 2. The minimum absolute atomic E-state index is 0.0529. The molecule has 0 radical (unpaired) electrons. The number of carbonyl (C=O) groups is 3. The molecule has 35 heavy (non-hydrogen) atoms. The maximum atomic E-state index is 12.9. The van der Waals surface area contributed by atoms with Crippen molar-refractivity contribution in [1.82, 2.24) is 4.90 Å². The number of fused-ring (bicyclic) bond motifs is 1. The fourth-order valence-corrected chi connectivity index (χ4v) is 6.17. The molecule has 1 saturated heterocycles. The Balaban J connectivity index is 1.52. The monoisotopic (exact) mass is 511 g/mol. The standard InChI is InChI=1S/C27H30ClN3O3S/c1-16(2)31-22-11-6-18(12-21(22)17(3)14-27(31,4)5)13-23-25(33)30(26(34)35-23)15-24(32)29-20-9-7-19(28)8-10-20/h6-13,16-17H,14-15H2,1-5H3,(H,29,32)/b23-13-/t17-/m0/s1. The maximum absolute atomic E-state index is 12.9. The Bertz CT molecular complexity index is 1210. The third kappa shape index (κ3) is 5.26. The number of hydrogen-bond donors (Lipinski definition) is 1. The molecule has 0 aromatic heterocycles. The summed E-state index contributed by atoms with van der Waals surface area (Å²) in [5.41, 5.74) is 3.93. The van der Waals surface area contributed by atoms with Crippen LogP contribution in [-0.2, 0) is 9.59 Å². The number of nitrogens with zero attached hydrogens (tertiary/aromatic N) is 2. The molecule has 1 N–H and O–H groups in total. The van der Waals surface area contributed by atoms with Crippen molar-refractivity contribution in [2.24, 2.45) is 0 Å². The lowest BCUT2D eigenvalue weighted by Gasteiger charge is -2.50. The average Bonchev–Trinajstić information content (AvgIpc) is 3.02. The Labute approximate surface area is 215 Å². The van der Waals surface area contributed by atoms with E-state index in [1.165, 1.54) is 11.3 Å². The Hall–Kier alpha value is -2.77. The van der Waals surface area contributed by atoms with E-state index in [2.05, 4.69) is 57.0 Å². The quantitative estimate of drug-likeness (QED) is 0.463. The second-order valence-corrected chi connectivity index (χ2v) is 11.5. The first-order valence-electron chi connectivity index (χ1n) is 11.7. The van der Waals surface area contributed by atoms with Crippen molar-refractivity contribution in [3.05, 3.63) is 63.5 Å². The molecular formula is C27H30ClN3O3S. The first-order valence-corrected chi connectivity index (χ1v) is 12.9. The van der Waals surface area contributed by atoms with Crippen molar-refractivity contribution in [1.29, 1.82) is 0 Å². The van der Waals surface area contributed by atoms with Crippen molar-refractivity contribution in [3.63, 3.8) is 0 Å². The van der Waals surface area contributed by atoms with Gasteiger partial charge in [0.2, 0.25) is 5.91 Å². The van der Waals surface area contributed by atoms with Gasteiger partial charge in [-0.1, -0.05) is 24.6 Å². The second kappa shape index (κ2) is 9.70. The zero-order valence-corrected chi connectivity index (χ0v) is 22.2. The molecule has 0 spiro atoms. The minimum Gasteiger partial charge on any atom is -0.364 e. The normalized spacial score (nSPS) is 20.5. The zero-order valence-electron chi connectivity index (χ0n) is 20.6. The molecular weight excluding hydrogens is 482 g/mol. The van der Waals surface area contributed by atoms with E-state index in [1.807, 2.05) is 6.07 Å². The first kappa shape index (κ1) is 25.3. The summed E-state index contributed by atoms with van der Waals surface area (Å²) in [7, 11) is 0. The van der Waals surface area contributed by atoms with Crippen LogP contribution in [0.1, 0.15) is 58.1 Å². The van der Waals surface area contributed by atoms with E-state index in [0.29, 0.717) is 27.6 Å². The van der Waals surface area contributed by atoms with Crippen LogP contribution in [0.5, 0.6) is 0 Å². The van der Waals surface area contributed by atoms with Crippen LogP contribution in [0.15, 0.2) is 47.4 Å². The highest BCUT2D eigenvalue weighted by Crippen LogP contribution is 2.45. The number of nitrogens with one attached hydrogen (secondary N) is 1. The smallest absolute Gasteiger partial charge is 0.294 e. The van der Waals surface area contributed by atoms with Crippen LogP contribution in [0.4, 0.5) is 16.2 Å². The summed E-state index contributed by atoms with van der Waals surface area (Å²) >= 11 is 6.73. The van der Waals surface area contributed by atoms with Crippen LogP contribution in [0.3, 0.4) is 0 Å². The van der Waals surface area contributed by atoms with Gasteiger partial charge in [-0.2, -0.15) is 0 Å². The molecule has 184 valence electrons. The molecule has 4 rings (SSSR count). The Kier molecular flexibility index (Phi) is 7.02. The van der Waals surface area contributed by atoms with Gasteiger partial charge in [0.05, 0.1) is 4.91 Å². The summed E-state index contributed by atoms with van der Waals surface area (Å²) in [6.07, 6.45) is 2.77. The number of benzene rings is 2. The lowest BCUT2D eigenvalue weighted by Crippen LogP contribution is -2.51. The van der Waals surface area contributed by atoms with E-state index in [4.69, 9.17) is 11.6 Å². The summed E-state index contributed by atoms with van der Waals surface area (Å²) in [4.78, 5) is 41.6. The molecule has 0 bridgehead atoms. The average molecular weight is 512 g/mol. The summed E-state index contributed by atoms with van der Waals surface area (Å²) in [5.74, 6) is -0.535. The van der Waals surface area contributed by atoms with Gasteiger partial charge >= 0.3 is 0 Å². The Morgan fingerprint density at radius 2 is 1.89 bits per heavy atom. The zero-order chi connectivity index (χ0) is 25.5. The summed E-state index contributed by atoms with van der Waals surface area (Å²) in [6, 6.07) is 13.2. The number of rotatable bonds is 5. The van der Waals surface area contributed by atoms with Gasteiger partial charge in [-0.05, 0) is 105 Å². The Morgan fingerprint density at radius 1 is 1.20 bits per heavy atom. The number of imide groups is 1. The van der Waals surface area contributed by atoms with Crippen molar-refractivity contribution >= 4 is 57.9 Å². The SMILES string of the molecule is CC(C)N1c2ccc(/C=C3\SC(=O)N(CC(=O)Nc4ccc(Cl)cc4)C3=O)cc2[C@@H](C)CC1(C)C. The molecule has 8 heteroatoms. The molecule has 6 nitrogen and oxygen atoms in total. The fraction of sp³-hybridized carbons (Fsp3) is 0.370. The second-order valence-electron chi connectivity index (χ2n) is 10.0. The van der Waals surface area contributed by atoms with Gasteiger partial charge in [0, 0.05) is 28.0 Å². The largest absolute Gasteiger partial charge is 0.364 e. The van der Waals surface area contributed by atoms with Crippen LogP contribution in [0, 0.1) is 0 Å². The van der Waals surface area contributed by atoms with E-state index in [-0.39, 0.29) is 12.1 Å². The van der Waals surface area contributed by atoms with Gasteiger partial charge in [-0.15, -0.1) is 0 Å². The Morgan fingerprint density at radius 3 is 2.54 bits per heavy atom. The molecule has 3 amide bonds. The van der Waals surface area contributed by atoms with E-state index in [1.54, 1.807) is 30.3 Å². The van der Waals surface area contributed by atoms with Crippen LogP contribution in [0.2, 0.25) is 5.02 Å². The summed E-state index contributed by atoms with van der Waals surface area (Å²) < 4.78 is 0. The van der Waals surface area contributed by atoms with E-state index in [0.717, 1.165) is 28.6 Å². The van der Waals surface area contributed by atoms with Gasteiger partial charge in [0.1, 0.15) is 6.54 Å². The number of thioether (sulfide) groups is 1. The molecule has 2 aliphatic rings. The molecule has 0 unspecified atom stereocenters. The highest BCUT2D eigenvalue weighted by molar-refractivity contribution is 8.18. The van der Waals surface area contributed by atoms with Gasteiger partial charge in [-0.25, -0.2) is 0 Å². The van der Waals surface area contributed by atoms with Gasteiger partial charge in [0.25, 0.3) is 11.1 Å². The van der Waals surface area contributed by atoms with Gasteiger partial charge in [-0.3, -0.25) is 19.3 Å². The van der Waals surface area contributed by atoms with Gasteiger partial charge in [0.15, 0.2) is 0 Å². The lowest BCUT2D eigenvalue weighted by molar-refractivity contribution is -0.127. The van der Waals surface area contributed by atoms with E-state index >= 15 is 0 Å². The third-order valence-corrected chi connectivity index (χ3v) is 7.58. The topological polar surface area (TPSA) is 69.7 Å². The maximum Gasteiger partial charge on any atom is 0.294 e. The van der Waals surface area contributed by atoms with Crippen LogP contribution in [0.25, 0.3) is 6.08 Å². The predicted molar refractivity (Wildman–Crippen MR) is 144 cm³/mol. The highest BCUT2D eigenvalue weighted by atomic mass is 35.5. The molecule has 2 aliphatic heterocycles. The molecule has 0 saturated carbocycles. The van der Waals surface area contributed by atoms with E-state index < -0.39 is 17.1 Å². The van der Waals surface area contributed by atoms with Gasteiger partial charge < -0.3 is 10.2 Å².